The minimum Gasteiger partial charge on any atom is -0.497 e. The van der Waals surface area contributed by atoms with Crippen LogP contribution in [0.5, 0.6) is 11.5 Å². The Balaban J connectivity index is 1.74. The second-order valence-corrected chi connectivity index (χ2v) is 8.28. The summed E-state index contributed by atoms with van der Waals surface area (Å²) in [5.74, 6) is 0.244. The zero-order chi connectivity index (χ0) is 19.2. The van der Waals surface area contributed by atoms with E-state index < -0.39 is 34.4 Å². The third-order valence-electron chi connectivity index (χ3n) is 3.99. The van der Waals surface area contributed by atoms with Gasteiger partial charge in [0.2, 0.25) is 0 Å². The highest BCUT2D eigenvalue weighted by atomic mass is 32.2. The van der Waals surface area contributed by atoms with Crippen LogP contribution in [0, 0.1) is 0 Å². The van der Waals surface area contributed by atoms with E-state index in [9.17, 15) is 18.0 Å². The first-order valence-corrected chi connectivity index (χ1v) is 10.0. The number of carbonyl (C=O) groups excluding carboxylic acids is 2. The Bertz CT molecular complexity index is 738. The van der Waals surface area contributed by atoms with Crippen molar-refractivity contribution in [2.24, 2.45) is 0 Å². The number of aryl methyl sites for hydroxylation is 1. The van der Waals surface area contributed by atoms with Crippen molar-refractivity contribution in [3.8, 4) is 11.5 Å². The summed E-state index contributed by atoms with van der Waals surface area (Å²) in [6.07, 6.45) is 0.899. The molecule has 0 aliphatic carbocycles. The van der Waals surface area contributed by atoms with Gasteiger partial charge in [-0.05, 0) is 30.5 Å². The number of carbonyl (C=O) groups is 2. The van der Waals surface area contributed by atoms with Crippen molar-refractivity contribution in [3.63, 3.8) is 0 Å². The van der Waals surface area contributed by atoms with Crippen LogP contribution >= 0.6 is 0 Å². The van der Waals surface area contributed by atoms with E-state index in [1.807, 2.05) is 0 Å². The lowest BCUT2D eigenvalue weighted by Crippen LogP contribution is -2.38. The van der Waals surface area contributed by atoms with Gasteiger partial charge in [0.25, 0.3) is 5.91 Å². The molecule has 1 aliphatic heterocycles. The Morgan fingerprint density at radius 3 is 2.35 bits per heavy atom. The summed E-state index contributed by atoms with van der Waals surface area (Å²) in [4.78, 5) is 23.5. The molecule has 0 saturated carbocycles. The van der Waals surface area contributed by atoms with Gasteiger partial charge in [0.05, 0.1) is 25.7 Å². The molecule has 1 atom stereocenters. The van der Waals surface area contributed by atoms with Crippen molar-refractivity contribution < 1.29 is 32.2 Å². The number of methoxy groups -OCH3 is 2. The average molecular weight is 385 g/mol. The molecule has 1 heterocycles. The summed E-state index contributed by atoms with van der Waals surface area (Å²) >= 11 is 0. The fourth-order valence-electron chi connectivity index (χ4n) is 2.65. The van der Waals surface area contributed by atoms with Crippen molar-refractivity contribution in [3.05, 3.63) is 23.8 Å². The number of hydrogen-bond acceptors (Lipinski definition) is 7. The van der Waals surface area contributed by atoms with Crippen LogP contribution in [0.4, 0.5) is 0 Å². The molecule has 0 bridgehead atoms. The molecule has 0 aromatic heterocycles. The van der Waals surface area contributed by atoms with E-state index in [2.05, 4.69) is 5.32 Å². The molecule has 26 heavy (non-hydrogen) atoms. The fraction of sp³-hybridized carbons (Fsp3) is 0.529. The zero-order valence-electron chi connectivity index (χ0n) is 14.8. The predicted molar refractivity (Wildman–Crippen MR) is 94.0 cm³/mol. The normalized spacial score (nSPS) is 18.2. The van der Waals surface area contributed by atoms with E-state index in [0.717, 1.165) is 5.56 Å². The van der Waals surface area contributed by atoms with Crippen molar-refractivity contribution in [2.75, 3.05) is 32.3 Å². The highest BCUT2D eigenvalue weighted by Crippen LogP contribution is 2.23. The van der Waals surface area contributed by atoms with Gasteiger partial charge in [-0.15, -0.1) is 0 Å². The number of nitrogens with one attached hydrogen (secondary N) is 1. The van der Waals surface area contributed by atoms with Crippen LogP contribution in [0.3, 0.4) is 0 Å². The molecule has 1 saturated heterocycles. The first kappa shape index (κ1) is 20.0. The van der Waals surface area contributed by atoms with Crippen LogP contribution in [0.25, 0.3) is 0 Å². The van der Waals surface area contributed by atoms with Gasteiger partial charge in [-0.1, -0.05) is 0 Å². The van der Waals surface area contributed by atoms with E-state index in [-0.39, 0.29) is 17.9 Å². The lowest BCUT2D eigenvalue weighted by atomic mass is 10.1. The Labute approximate surface area is 152 Å². The maximum Gasteiger partial charge on any atom is 0.306 e. The molecular formula is C17H23NO7S. The van der Waals surface area contributed by atoms with Gasteiger partial charge in [0.1, 0.15) is 11.5 Å². The van der Waals surface area contributed by atoms with E-state index in [0.29, 0.717) is 24.3 Å². The lowest BCUT2D eigenvalue weighted by Gasteiger charge is -2.11. The largest absolute Gasteiger partial charge is 0.497 e. The van der Waals surface area contributed by atoms with E-state index in [4.69, 9.17) is 14.2 Å². The molecule has 1 aromatic rings. The van der Waals surface area contributed by atoms with Crippen LogP contribution in [0.1, 0.15) is 18.4 Å². The highest BCUT2D eigenvalue weighted by molar-refractivity contribution is 7.91. The number of ether oxygens (including phenoxy) is 3. The molecule has 1 aromatic carbocycles. The molecule has 8 nitrogen and oxygen atoms in total. The summed E-state index contributed by atoms with van der Waals surface area (Å²) < 4.78 is 38.0. The van der Waals surface area contributed by atoms with Crippen molar-refractivity contribution in [1.82, 2.24) is 5.32 Å². The maximum atomic E-state index is 11.8. The van der Waals surface area contributed by atoms with Gasteiger partial charge >= 0.3 is 5.97 Å². The topological polar surface area (TPSA) is 108 Å². The molecule has 0 unspecified atom stereocenters. The first-order valence-electron chi connectivity index (χ1n) is 8.18. The van der Waals surface area contributed by atoms with Crippen molar-refractivity contribution in [2.45, 2.75) is 25.3 Å². The number of rotatable bonds is 8. The molecule has 1 amide bonds. The molecule has 144 valence electrons. The molecule has 1 N–H and O–H groups in total. The summed E-state index contributed by atoms with van der Waals surface area (Å²) in [5, 5.41) is 2.57. The van der Waals surface area contributed by atoms with Gasteiger partial charge in [-0.3, -0.25) is 9.59 Å². The Morgan fingerprint density at radius 1 is 1.15 bits per heavy atom. The number of sulfone groups is 1. The zero-order valence-corrected chi connectivity index (χ0v) is 15.6. The van der Waals surface area contributed by atoms with Crippen molar-refractivity contribution in [1.29, 1.82) is 0 Å². The van der Waals surface area contributed by atoms with E-state index >= 15 is 0 Å². The van der Waals surface area contributed by atoms with Crippen LogP contribution in [-0.2, 0) is 30.6 Å². The second-order valence-electron chi connectivity index (χ2n) is 6.05. The standard InChI is InChI=1S/C17H23NO7S/c1-23-14-7-12(8-15(9-14)24-2)3-4-17(20)25-10-16(19)18-13-5-6-26(21,22)11-13/h7-9,13H,3-6,10-11H2,1-2H3,(H,18,19)/t13-/m0/s1. The van der Waals surface area contributed by atoms with Crippen LogP contribution in [-0.4, -0.2) is 58.7 Å². The highest BCUT2D eigenvalue weighted by Gasteiger charge is 2.29. The number of benzene rings is 1. The smallest absolute Gasteiger partial charge is 0.306 e. The van der Waals surface area contributed by atoms with Gasteiger partial charge in [0, 0.05) is 18.5 Å². The SMILES string of the molecule is COc1cc(CCC(=O)OCC(=O)N[C@H]2CCS(=O)(=O)C2)cc(OC)c1. The molecular weight excluding hydrogens is 362 g/mol. The summed E-state index contributed by atoms with van der Waals surface area (Å²) in [7, 11) is 0.0192. The Hall–Kier alpha value is -2.29. The van der Waals surface area contributed by atoms with Crippen LogP contribution in [0.15, 0.2) is 18.2 Å². The van der Waals surface area contributed by atoms with Crippen LogP contribution in [0.2, 0.25) is 0 Å². The Morgan fingerprint density at radius 2 is 1.81 bits per heavy atom. The van der Waals surface area contributed by atoms with Gasteiger partial charge in [0.15, 0.2) is 16.4 Å². The molecule has 0 spiro atoms. The third-order valence-corrected chi connectivity index (χ3v) is 5.76. The van der Waals surface area contributed by atoms with E-state index in [1.165, 1.54) is 0 Å². The predicted octanol–water partition coefficient (Wildman–Crippen LogP) is 0.483. The minimum atomic E-state index is -3.07. The van der Waals surface area contributed by atoms with E-state index in [1.54, 1.807) is 32.4 Å². The molecule has 1 aliphatic rings. The lowest BCUT2D eigenvalue weighted by molar-refractivity contribution is -0.148. The molecule has 2 rings (SSSR count). The number of hydrogen-bond donors (Lipinski definition) is 1. The minimum absolute atomic E-state index is 0.0651. The molecule has 0 radical (unpaired) electrons. The fourth-order valence-corrected chi connectivity index (χ4v) is 4.33. The summed E-state index contributed by atoms with van der Waals surface area (Å²) in [6, 6.07) is 4.91. The quantitative estimate of drug-likeness (QED) is 0.649. The first-order chi connectivity index (χ1) is 12.3. The molecule has 1 fully saturated rings. The second kappa shape index (κ2) is 8.88. The number of esters is 1. The average Bonchev–Trinajstić information content (AvgIpc) is 2.96. The summed E-state index contributed by atoms with van der Waals surface area (Å²) in [5.41, 5.74) is 0.846. The Kier molecular flexibility index (Phi) is 6.84. The van der Waals surface area contributed by atoms with Gasteiger partial charge in [-0.25, -0.2) is 8.42 Å². The monoisotopic (exact) mass is 385 g/mol. The van der Waals surface area contributed by atoms with Crippen LogP contribution < -0.4 is 14.8 Å². The third kappa shape index (κ3) is 6.21. The molecule has 9 heteroatoms. The van der Waals surface area contributed by atoms with Gasteiger partial charge in [-0.2, -0.15) is 0 Å². The number of amides is 1. The summed E-state index contributed by atoms with van der Waals surface area (Å²) in [6.45, 7) is -0.420. The van der Waals surface area contributed by atoms with Gasteiger partial charge < -0.3 is 19.5 Å². The van der Waals surface area contributed by atoms with Crippen molar-refractivity contribution >= 4 is 21.7 Å². The maximum absolute atomic E-state index is 11.8.